The number of nitrogens with zero attached hydrogens (tertiary/aromatic N) is 2. The van der Waals surface area contributed by atoms with Crippen molar-refractivity contribution in [1.82, 2.24) is 15.3 Å². The van der Waals surface area contributed by atoms with Crippen molar-refractivity contribution in [2.24, 2.45) is 0 Å². The highest BCUT2D eigenvalue weighted by atomic mass is 15.1. The first-order valence-electron chi connectivity index (χ1n) is 5.16. The maximum absolute atomic E-state index is 4.51. The number of aromatic nitrogens is 2. The van der Waals surface area contributed by atoms with Gasteiger partial charge in [-0.2, -0.15) is 0 Å². The summed E-state index contributed by atoms with van der Waals surface area (Å²) in [7, 11) is 0. The lowest BCUT2D eigenvalue weighted by Gasteiger charge is -2.06. The highest BCUT2D eigenvalue weighted by molar-refractivity contribution is 5.37. The van der Waals surface area contributed by atoms with Gasteiger partial charge in [0.2, 0.25) is 5.95 Å². The van der Waals surface area contributed by atoms with Crippen LogP contribution in [0.15, 0.2) is 0 Å². The number of hydrogen-bond donors (Lipinski definition) is 2. The third kappa shape index (κ3) is 1.35. The van der Waals surface area contributed by atoms with Crippen LogP contribution >= 0.6 is 0 Å². The van der Waals surface area contributed by atoms with E-state index < -0.39 is 0 Å². The quantitative estimate of drug-likeness (QED) is 0.729. The molecule has 0 aromatic carbocycles. The maximum atomic E-state index is 4.51. The zero-order valence-corrected chi connectivity index (χ0v) is 8.30. The fourth-order valence-electron chi connectivity index (χ4n) is 1.81. The Morgan fingerprint density at radius 3 is 2.93 bits per heavy atom. The highest BCUT2D eigenvalue weighted by Crippen LogP contribution is 2.24. The second-order valence-corrected chi connectivity index (χ2v) is 4.08. The van der Waals surface area contributed by atoms with Gasteiger partial charge < -0.3 is 10.6 Å². The predicted octanol–water partition coefficient (Wildman–Crippen LogP) is 0.963. The molecule has 4 nitrogen and oxygen atoms in total. The third-order valence-corrected chi connectivity index (χ3v) is 2.80. The van der Waals surface area contributed by atoms with Crippen LogP contribution in [0, 0.1) is 6.92 Å². The van der Waals surface area contributed by atoms with E-state index in [0.29, 0.717) is 6.04 Å². The van der Waals surface area contributed by atoms with Gasteiger partial charge in [0.15, 0.2) is 0 Å². The molecule has 4 heteroatoms. The van der Waals surface area contributed by atoms with Crippen molar-refractivity contribution in [3.8, 4) is 0 Å². The van der Waals surface area contributed by atoms with Gasteiger partial charge >= 0.3 is 0 Å². The summed E-state index contributed by atoms with van der Waals surface area (Å²) >= 11 is 0. The van der Waals surface area contributed by atoms with Crippen LogP contribution in [0.25, 0.3) is 0 Å². The van der Waals surface area contributed by atoms with Crippen molar-refractivity contribution in [1.29, 1.82) is 0 Å². The largest absolute Gasteiger partial charge is 0.351 e. The fraction of sp³-hybridized carbons (Fsp3) is 0.600. The molecule has 0 amide bonds. The van der Waals surface area contributed by atoms with Crippen molar-refractivity contribution in [3.63, 3.8) is 0 Å². The second-order valence-electron chi connectivity index (χ2n) is 4.08. The molecule has 74 valence electrons. The molecule has 1 aromatic rings. The smallest absolute Gasteiger partial charge is 0.223 e. The van der Waals surface area contributed by atoms with E-state index in [1.807, 2.05) is 0 Å². The lowest BCUT2D eigenvalue weighted by atomic mass is 10.2. The van der Waals surface area contributed by atoms with Gasteiger partial charge in [-0.3, -0.25) is 0 Å². The van der Waals surface area contributed by atoms with E-state index in [9.17, 15) is 0 Å². The Morgan fingerprint density at radius 1 is 1.29 bits per heavy atom. The van der Waals surface area contributed by atoms with Crippen LogP contribution in [-0.2, 0) is 13.1 Å². The summed E-state index contributed by atoms with van der Waals surface area (Å²) in [4.78, 5) is 8.97. The molecule has 0 radical (unpaired) electrons. The summed E-state index contributed by atoms with van der Waals surface area (Å²) in [5.41, 5.74) is 3.56. The normalized spacial score (nSPS) is 19.5. The van der Waals surface area contributed by atoms with Crippen LogP contribution in [0.5, 0.6) is 0 Å². The van der Waals surface area contributed by atoms with Gasteiger partial charge in [-0.15, -0.1) is 0 Å². The van der Waals surface area contributed by atoms with Gasteiger partial charge in [-0.25, -0.2) is 9.97 Å². The van der Waals surface area contributed by atoms with Gasteiger partial charge in [0.05, 0.1) is 5.69 Å². The standard InChI is InChI=1S/C10H14N4/c1-6-8-4-11-5-9(8)14-10(12-6)13-7-2-3-7/h7,11H,2-5H2,1H3,(H,12,13,14). The van der Waals surface area contributed by atoms with E-state index >= 15 is 0 Å². The molecule has 3 rings (SSSR count). The van der Waals surface area contributed by atoms with Gasteiger partial charge in [-0.1, -0.05) is 0 Å². The van der Waals surface area contributed by atoms with Crippen molar-refractivity contribution < 1.29 is 0 Å². The molecule has 2 N–H and O–H groups in total. The van der Waals surface area contributed by atoms with Crippen LogP contribution in [-0.4, -0.2) is 16.0 Å². The topological polar surface area (TPSA) is 49.8 Å². The zero-order chi connectivity index (χ0) is 9.54. The zero-order valence-electron chi connectivity index (χ0n) is 8.30. The van der Waals surface area contributed by atoms with Crippen LogP contribution < -0.4 is 10.6 Å². The van der Waals surface area contributed by atoms with Crippen LogP contribution in [0.4, 0.5) is 5.95 Å². The minimum atomic E-state index is 0.627. The molecule has 0 spiro atoms. The average Bonchev–Trinajstić information content (AvgIpc) is 2.82. The maximum Gasteiger partial charge on any atom is 0.223 e. The number of hydrogen-bond acceptors (Lipinski definition) is 4. The van der Waals surface area contributed by atoms with Crippen LogP contribution in [0.2, 0.25) is 0 Å². The highest BCUT2D eigenvalue weighted by Gasteiger charge is 2.23. The minimum Gasteiger partial charge on any atom is -0.351 e. The fourth-order valence-corrected chi connectivity index (χ4v) is 1.81. The van der Waals surface area contributed by atoms with E-state index in [-0.39, 0.29) is 0 Å². The average molecular weight is 190 g/mol. The summed E-state index contributed by atoms with van der Waals surface area (Å²) in [5.74, 6) is 0.812. The third-order valence-electron chi connectivity index (χ3n) is 2.80. The molecule has 1 saturated carbocycles. The summed E-state index contributed by atoms with van der Waals surface area (Å²) in [6.45, 7) is 3.87. The molecule has 14 heavy (non-hydrogen) atoms. The van der Waals surface area contributed by atoms with Crippen molar-refractivity contribution in [3.05, 3.63) is 17.0 Å². The van der Waals surface area contributed by atoms with E-state index in [0.717, 1.165) is 24.7 Å². The molecule has 0 bridgehead atoms. The van der Waals surface area contributed by atoms with Gasteiger partial charge in [0, 0.05) is 30.4 Å². The Morgan fingerprint density at radius 2 is 2.14 bits per heavy atom. The Balaban J connectivity index is 1.94. The van der Waals surface area contributed by atoms with Gasteiger partial charge in [0.25, 0.3) is 0 Å². The molecular formula is C10H14N4. The monoisotopic (exact) mass is 190 g/mol. The first kappa shape index (κ1) is 8.17. The molecule has 1 aromatic heterocycles. The lowest BCUT2D eigenvalue weighted by molar-refractivity contribution is 0.756. The second kappa shape index (κ2) is 2.92. The van der Waals surface area contributed by atoms with Crippen LogP contribution in [0.1, 0.15) is 29.8 Å². The summed E-state index contributed by atoms with van der Waals surface area (Å²) in [6.07, 6.45) is 2.52. The van der Waals surface area contributed by atoms with E-state index in [1.165, 1.54) is 24.1 Å². The molecule has 1 aliphatic carbocycles. The van der Waals surface area contributed by atoms with E-state index in [2.05, 4.69) is 27.5 Å². The van der Waals surface area contributed by atoms with E-state index in [1.54, 1.807) is 0 Å². The number of nitrogens with one attached hydrogen (secondary N) is 2. The first-order chi connectivity index (χ1) is 6.83. The molecular weight excluding hydrogens is 176 g/mol. The molecule has 2 aliphatic rings. The SMILES string of the molecule is Cc1nc(NC2CC2)nc2c1CNC2. The van der Waals surface area contributed by atoms with E-state index in [4.69, 9.17) is 0 Å². The van der Waals surface area contributed by atoms with Gasteiger partial charge in [-0.05, 0) is 19.8 Å². The van der Waals surface area contributed by atoms with Crippen molar-refractivity contribution >= 4 is 5.95 Å². The van der Waals surface area contributed by atoms with Crippen LogP contribution in [0.3, 0.4) is 0 Å². The number of fused-ring (bicyclic) bond motifs is 1. The number of anilines is 1. The Hall–Kier alpha value is -1.16. The van der Waals surface area contributed by atoms with Crippen molar-refractivity contribution in [2.75, 3.05) is 5.32 Å². The number of aryl methyl sites for hydroxylation is 1. The predicted molar refractivity (Wildman–Crippen MR) is 54.0 cm³/mol. The molecule has 1 fully saturated rings. The molecule has 0 saturated heterocycles. The Kier molecular flexibility index (Phi) is 1.70. The molecule has 0 atom stereocenters. The molecule has 0 unspecified atom stereocenters. The Bertz CT molecular complexity index is 371. The lowest BCUT2D eigenvalue weighted by Crippen LogP contribution is -2.08. The minimum absolute atomic E-state index is 0.627. The van der Waals surface area contributed by atoms with Gasteiger partial charge in [0.1, 0.15) is 0 Å². The summed E-state index contributed by atoms with van der Waals surface area (Å²) in [6, 6.07) is 0.627. The molecule has 1 aliphatic heterocycles. The Labute approximate surface area is 83.1 Å². The molecule has 2 heterocycles. The summed E-state index contributed by atoms with van der Waals surface area (Å²) < 4.78 is 0. The summed E-state index contributed by atoms with van der Waals surface area (Å²) in [5, 5.41) is 6.63. The first-order valence-corrected chi connectivity index (χ1v) is 5.16. The number of rotatable bonds is 2. The van der Waals surface area contributed by atoms with Crippen molar-refractivity contribution in [2.45, 2.75) is 38.9 Å².